The molecule has 0 saturated carbocycles. The normalized spacial score (nSPS) is 11.6. The first-order chi connectivity index (χ1) is 9.04. The molecule has 0 aliphatic heterocycles. The molecule has 1 aromatic heterocycles. The minimum absolute atomic E-state index is 0.0260. The van der Waals surface area contributed by atoms with Crippen LogP contribution in [0.2, 0.25) is 0 Å². The lowest BCUT2D eigenvalue weighted by Crippen LogP contribution is -2.41. The third-order valence-electron chi connectivity index (χ3n) is 2.63. The zero-order chi connectivity index (χ0) is 14.3. The molecule has 1 aromatic rings. The summed E-state index contributed by atoms with van der Waals surface area (Å²) in [6, 6.07) is 2.06. The Kier molecular flexibility index (Phi) is 5.66. The number of amides is 1. The maximum Gasteiger partial charge on any atom is 0.326 e. The van der Waals surface area contributed by atoms with Crippen LogP contribution in [-0.2, 0) is 9.59 Å². The summed E-state index contributed by atoms with van der Waals surface area (Å²) in [5.41, 5.74) is 0.288. The number of rotatable bonds is 7. The van der Waals surface area contributed by atoms with E-state index in [1.807, 2.05) is 0 Å². The zero-order valence-corrected chi connectivity index (χ0v) is 10.6. The average molecular weight is 264 g/mol. The Morgan fingerprint density at radius 2 is 2.16 bits per heavy atom. The molecule has 0 aliphatic rings. The number of ketones is 1. The fraction of sp³-hybridized carbons (Fsp3) is 0.385. The van der Waals surface area contributed by atoms with Crippen LogP contribution in [0.4, 0.5) is 0 Å². The first kappa shape index (κ1) is 14.8. The van der Waals surface area contributed by atoms with Gasteiger partial charge in [0.05, 0.1) is 5.56 Å². The molecule has 1 heterocycles. The van der Waals surface area contributed by atoms with Crippen LogP contribution in [0.25, 0.3) is 0 Å². The molecule has 0 unspecified atom stereocenters. The number of carboxylic acids is 1. The van der Waals surface area contributed by atoms with Crippen LogP contribution in [-0.4, -0.2) is 33.8 Å². The number of pyridine rings is 1. The highest BCUT2D eigenvalue weighted by atomic mass is 16.4. The molecule has 0 aromatic carbocycles. The molecule has 0 spiro atoms. The predicted octanol–water partition coefficient (Wildman–Crippen LogP) is 1.02. The van der Waals surface area contributed by atoms with E-state index in [9.17, 15) is 14.4 Å². The lowest BCUT2D eigenvalue weighted by molar-refractivity contribution is -0.139. The maximum atomic E-state index is 11.8. The highest BCUT2D eigenvalue weighted by Crippen LogP contribution is 2.03. The summed E-state index contributed by atoms with van der Waals surface area (Å²) < 4.78 is 0. The third kappa shape index (κ3) is 4.87. The molecule has 0 saturated heterocycles. The third-order valence-corrected chi connectivity index (χ3v) is 2.63. The Morgan fingerprint density at radius 3 is 2.68 bits per heavy atom. The van der Waals surface area contributed by atoms with E-state index in [1.54, 1.807) is 19.1 Å². The van der Waals surface area contributed by atoms with Crippen molar-refractivity contribution in [1.29, 1.82) is 0 Å². The van der Waals surface area contributed by atoms with E-state index in [0.717, 1.165) is 0 Å². The van der Waals surface area contributed by atoms with Gasteiger partial charge >= 0.3 is 5.97 Å². The molecule has 0 radical (unpaired) electrons. The Bertz CT molecular complexity index is 459. The minimum atomic E-state index is -1.15. The van der Waals surface area contributed by atoms with Crippen LogP contribution < -0.4 is 5.32 Å². The molecular formula is C13H16N2O4. The van der Waals surface area contributed by atoms with Crippen molar-refractivity contribution < 1.29 is 19.5 Å². The molecule has 2 N–H and O–H groups in total. The van der Waals surface area contributed by atoms with Crippen LogP contribution in [0.3, 0.4) is 0 Å². The van der Waals surface area contributed by atoms with Gasteiger partial charge in [-0.1, -0.05) is 6.92 Å². The zero-order valence-electron chi connectivity index (χ0n) is 10.6. The monoisotopic (exact) mass is 264 g/mol. The van der Waals surface area contributed by atoms with Crippen molar-refractivity contribution in [1.82, 2.24) is 10.3 Å². The molecule has 19 heavy (non-hydrogen) atoms. The van der Waals surface area contributed by atoms with Crippen molar-refractivity contribution in [3.63, 3.8) is 0 Å². The number of nitrogens with one attached hydrogen (secondary N) is 1. The molecule has 102 valence electrons. The quantitative estimate of drug-likeness (QED) is 0.766. The topological polar surface area (TPSA) is 96.4 Å². The Labute approximate surface area is 110 Å². The van der Waals surface area contributed by atoms with E-state index >= 15 is 0 Å². The summed E-state index contributed by atoms with van der Waals surface area (Å²) in [5, 5.41) is 11.4. The molecule has 1 atom stereocenters. The number of hydrogen-bond acceptors (Lipinski definition) is 4. The molecule has 6 nitrogen and oxygen atoms in total. The lowest BCUT2D eigenvalue weighted by atomic mass is 10.1. The molecule has 0 bridgehead atoms. The highest BCUT2D eigenvalue weighted by Gasteiger charge is 2.21. The van der Waals surface area contributed by atoms with Crippen LogP contribution in [0.5, 0.6) is 0 Å². The van der Waals surface area contributed by atoms with Gasteiger partial charge in [0, 0.05) is 25.2 Å². The molecule has 6 heteroatoms. The summed E-state index contributed by atoms with van der Waals surface area (Å²) in [5.74, 6) is -1.69. The van der Waals surface area contributed by atoms with E-state index in [0.29, 0.717) is 6.42 Å². The summed E-state index contributed by atoms with van der Waals surface area (Å²) in [6.07, 6.45) is 3.47. The van der Waals surface area contributed by atoms with E-state index in [-0.39, 0.29) is 24.2 Å². The number of carboxylic acid groups (broad SMARTS) is 1. The molecule has 1 amide bonds. The average Bonchev–Trinajstić information content (AvgIpc) is 2.43. The summed E-state index contributed by atoms with van der Waals surface area (Å²) in [6.45, 7) is 1.71. The van der Waals surface area contributed by atoms with Crippen LogP contribution >= 0.6 is 0 Å². The minimum Gasteiger partial charge on any atom is -0.480 e. The Balaban J connectivity index is 2.61. The smallest absolute Gasteiger partial charge is 0.326 e. The summed E-state index contributed by atoms with van der Waals surface area (Å²) >= 11 is 0. The first-order valence-corrected chi connectivity index (χ1v) is 6.00. The molecule has 0 fully saturated rings. The van der Waals surface area contributed by atoms with E-state index in [4.69, 9.17) is 5.11 Å². The van der Waals surface area contributed by atoms with E-state index in [2.05, 4.69) is 10.3 Å². The number of carbonyl (C=O) groups excluding carboxylic acids is 2. The first-order valence-electron chi connectivity index (χ1n) is 6.00. The van der Waals surface area contributed by atoms with Gasteiger partial charge in [-0.15, -0.1) is 0 Å². The van der Waals surface area contributed by atoms with Gasteiger partial charge in [-0.05, 0) is 18.6 Å². The molecule has 1 rings (SSSR count). The second-order valence-electron chi connectivity index (χ2n) is 4.04. The maximum absolute atomic E-state index is 11.8. The number of nitrogens with zero attached hydrogens (tertiary/aromatic N) is 1. The SMILES string of the molecule is CCC(=O)CC[C@@H](NC(=O)c1cccnc1)C(=O)O. The van der Waals surface area contributed by atoms with Gasteiger partial charge < -0.3 is 10.4 Å². The predicted molar refractivity (Wildman–Crippen MR) is 67.7 cm³/mol. The number of hydrogen-bond donors (Lipinski definition) is 2. The van der Waals surface area contributed by atoms with Crippen LogP contribution in [0.15, 0.2) is 24.5 Å². The highest BCUT2D eigenvalue weighted by molar-refractivity contribution is 5.96. The van der Waals surface area contributed by atoms with Crippen molar-refractivity contribution in [2.24, 2.45) is 0 Å². The van der Waals surface area contributed by atoms with Gasteiger partial charge in [0.2, 0.25) is 0 Å². The second kappa shape index (κ2) is 7.25. The van der Waals surface area contributed by atoms with Crippen molar-refractivity contribution in [2.45, 2.75) is 32.2 Å². The van der Waals surface area contributed by atoms with Crippen molar-refractivity contribution in [2.75, 3.05) is 0 Å². The number of carbonyl (C=O) groups is 3. The van der Waals surface area contributed by atoms with Crippen LogP contribution in [0, 0.1) is 0 Å². The summed E-state index contributed by atoms with van der Waals surface area (Å²) in [7, 11) is 0. The van der Waals surface area contributed by atoms with Gasteiger partial charge in [-0.3, -0.25) is 14.6 Å². The van der Waals surface area contributed by atoms with Gasteiger partial charge in [0.25, 0.3) is 5.91 Å². The van der Waals surface area contributed by atoms with E-state index in [1.165, 1.54) is 12.4 Å². The van der Waals surface area contributed by atoms with Gasteiger partial charge in [0.1, 0.15) is 11.8 Å². The summed E-state index contributed by atoms with van der Waals surface area (Å²) in [4.78, 5) is 37.8. The Hall–Kier alpha value is -2.24. The van der Waals surface area contributed by atoms with Crippen molar-refractivity contribution >= 4 is 17.7 Å². The number of aromatic nitrogens is 1. The fourth-order valence-corrected chi connectivity index (χ4v) is 1.48. The largest absolute Gasteiger partial charge is 0.480 e. The Morgan fingerprint density at radius 1 is 1.42 bits per heavy atom. The van der Waals surface area contributed by atoms with Crippen LogP contribution in [0.1, 0.15) is 36.5 Å². The molecule has 0 aliphatic carbocycles. The fourth-order valence-electron chi connectivity index (χ4n) is 1.48. The van der Waals surface area contributed by atoms with Gasteiger partial charge in [-0.2, -0.15) is 0 Å². The van der Waals surface area contributed by atoms with E-state index < -0.39 is 17.9 Å². The standard InChI is InChI=1S/C13H16N2O4/c1-2-10(16)5-6-11(13(18)19)15-12(17)9-4-3-7-14-8-9/h3-4,7-8,11H,2,5-6H2,1H3,(H,15,17)(H,18,19)/t11-/m1/s1. The lowest BCUT2D eigenvalue weighted by Gasteiger charge is -2.13. The molecular weight excluding hydrogens is 248 g/mol. The van der Waals surface area contributed by atoms with Gasteiger partial charge in [-0.25, -0.2) is 4.79 Å². The van der Waals surface area contributed by atoms with Crippen molar-refractivity contribution in [3.8, 4) is 0 Å². The number of Topliss-reactive ketones (excluding diaryl/α,β-unsaturated/α-hetero) is 1. The van der Waals surface area contributed by atoms with Gasteiger partial charge in [0.15, 0.2) is 0 Å². The number of aliphatic carboxylic acids is 1. The van der Waals surface area contributed by atoms with Crippen molar-refractivity contribution in [3.05, 3.63) is 30.1 Å². The second-order valence-corrected chi connectivity index (χ2v) is 4.04.